The fourth-order valence-electron chi connectivity index (χ4n) is 2.57. The van der Waals surface area contributed by atoms with E-state index in [0.717, 1.165) is 16.3 Å². The number of carboxylic acid groups (broad SMARTS) is 1. The lowest BCUT2D eigenvalue weighted by Gasteiger charge is -2.18. The standard InChI is InChI=1S/C17H17N3O3S/c1-9-10(2)24-17(19-9)15-13(21)8-20(16(15)18)12-5-3-11(4-6-12)7-14(22)23/h3-6,18,21H,7-8H2,1-2H3,(H,22,23). The minimum Gasteiger partial charge on any atom is -0.510 e. The van der Waals surface area contributed by atoms with Gasteiger partial charge in [0, 0.05) is 10.6 Å². The van der Waals surface area contributed by atoms with Crippen molar-refractivity contribution >= 4 is 34.4 Å². The van der Waals surface area contributed by atoms with Crippen molar-refractivity contribution in [2.75, 3.05) is 11.4 Å². The zero-order valence-corrected chi connectivity index (χ0v) is 14.1. The molecule has 2 aromatic rings. The van der Waals surface area contributed by atoms with Crippen molar-refractivity contribution in [2.24, 2.45) is 0 Å². The van der Waals surface area contributed by atoms with Gasteiger partial charge in [0.15, 0.2) is 0 Å². The second kappa shape index (κ2) is 6.09. The number of aryl methyl sites for hydroxylation is 2. The molecule has 1 aromatic carbocycles. The Kier molecular flexibility index (Phi) is 4.11. The molecule has 0 fully saturated rings. The number of carbonyl (C=O) groups is 1. The van der Waals surface area contributed by atoms with Crippen molar-refractivity contribution in [3.8, 4) is 0 Å². The van der Waals surface area contributed by atoms with Crippen LogP contribution in [0.25, 0.3) is 5.57 Å². The topological polar surface area (TPSA) is 97.5 Å². The number of aliphatic hydroxyl groups excluding tert-OH is 1. The van der Waals surface area contributed by atoms with Gasteiger partial charge in [0.05, 0.1) is 24.2 Å². The molecule has 0 saturated heterocycles. The van der Waals surface area contributed by atoms with Crippen LogP contribution in [0, 0.1) is 19.3 Å². The number of rotatable bonds is 4. The van der Waals surface area contributed by atoms with Gasteiger partial charge in [-0.25, -0.2) is 4.98 Å². The molecule has 0 aliphatic carbocycles. The Bertz CT molecular complexity index is 833. The number of carboxylic acids is 1. The van der Waals surface area contributed by atoms with Gasteiger partial charge in [-0.3, -0.25) is 10.2 Å². The highest BCUT2D eigenvalue weighted by Crippen LogP contribution is 2.33. The molecule has 0 saturated carbocycles. The monoisotopic (exact) mass is 343 g/mol. The summed E-state index contributed by atoms with van der Waals surface area (Å²) in [7, 11) is 0. The van der Waals surface area contributed by atoms with E-state index < -0.39 is 5.97 Å². The average molecular weight is 343 g/mol. The van der Waals surface area contributed by atoms with E-state index >= 15 is 0 Å². The molecule has 3 N–H and O–H groups in total. The van der Waals surface area contributed by atoms with Crippen LogP contribution in [-0.2, 0) is 11.2 Å². The molecular weight excluding hydrogens is 326 g/mol. The number of hydrogen-bond donors (Lipinski definition) is 3. The molecule has 1 aliphatic heterocycles. The number of thiazole rings is 1. The molecule has 0 bridgehead atoms. The highest BCUT2D eigenvalue weighted by atomic mass is 32.1. The van der Waals surface area contributed by atoms with Gasteiger partial charge in [0.1, 0.15) is 16.6 Å². The first-order valence-corrected chi connectivity index (χ1v) is 8.22. The number of nitrogens with one attached hydrogen (secondary N) is 1. The zero-order valence-electron chi connectivity index (χ0n) is 13.3. The summed E-state index contributed by atoms with van der Waals surface area (Å²) in [5.74, 6) is -0.552. The van der Waals surface area contributed by atoms with E-state index in [1.807, 2.05) is 13.8 Å². The molecule has 0 amide bonds. The first kappa shape index (κ1) is 16.2. The molecule has 0 radical (unpaired) electrons. The quantitative estimate of drug-likeness (QED) is 0.792. The molecule has 24 heavy (non-hydrogen) atoms. The third-order valence-electron chi connectivity index (χ3n) is 3.95. The SMILES string of the molecule is Cc1nc(C2=C(O)CN(c3ccc(CC(=O)O)cc3)C2=N)sc1C. The summed E-state index contributed by atoms with van der Waals surface area (Å²) in [4.78, 5) is 17.9. The van der Waals surface area contributed by atoms with Crippen molar-refractivity contribution in [2.45, 2.75) is 20.3 Å². The molecule has 1 aliphatic rings. The molecule has 1 aromatic heterocycles. The fraction of sp³-hybridized carbons (Fsp3) is 0.235. The highest BCUT2D eigenvalue weighted by Gasteiger charge is 2.31. The third-order valence-corrected chi connectivity index (χ3v) is 5.04. The molecule has 124 valence electrons. The normalized spacial score (nSPS) is 14.6. The van der Waals surface area contributed by atoms with E-state index in [1.165, 1.54) is 11.3 Å². The Morgan fingerprint density at radius 2 is 2.00 bits per heavy atom. The van der Waals surface area contributed by atoms with Gasteiger partial charge < -0.3 is 15.1 Å². The van der Waals surface area contributed by atoms with Crippen LogP contribution in [0.3, 0.4) is 0 Å². The number of benzene rings is 1. The zero-order chi connectivity index (χ0) is 17.4. The van der Waals surface area contributed by atoms with Crippen molar-refractivity contribution in [3.63, 3.8) is 0 Å². The Morgan fingerprint density at radius 3 is 2.54 bits per heavy atom. The lowest BCUT2D eigenvalue weighted by atomic mass is 10.1. The first-order valence-electron chi connectivity index (χ1n) is 7.40. The highest BCUT2D eigenvalue weighted by molar-refractivity contribution is 7.13. The smallest absolute Gasteiger partial charge is 0.307 e. The number of aliphatic hydroxyl groups is 1. The summed E-state index contributed by atoms with van der Waals surface area (Å²) in [6, 6.07) is 6.98. The lowest BCUT2D eigenvalue weighted by molar-refractivity contribution is -0.136. The van der Waals surface area contributed by atoms with Gasteiger partial charge in [0.2, 0.25) is 0 Å². The number of amidine groups is 1. The van der Waals surface area contributed by atoms with Crippen LogP contribution in [0.15, 0.2) is 30.0 Å². The summed E-state index contributed by atoms with van der Waals surface area (Å²) < 4.78 is 0. The van der Waals surface area contributed by atoms with Crippen molar-refractivity contribution < 1.29 is 15.0 Å². The van der Waals surface area contributed by atoms with E-state index in [0.29, 0.717) is 16.1 Å². The van der Waals surface area contributed by atoms with E-state index in [9.17, 15) is 9.90 Å². The number of aromatic nitrogens is 1. The van der Waals surface area contributed by atoms with Gasteiger partial charge in [-0.05, 0) is 31.5 Å². The Morgan fingerprint density at radius 1 is 1.33 bits per heavy atom. The molecule has 0 unspecified atom stereocenters. The summed E-state index contributed by atoms with van der Waals surface area (Å²) in [6.07, 6.45) is -0.0376. The minimum absolute atomic E-state index is 0.0376. The van der Waals surface area contributed by atoms with Gasteiger partial charge in [-0.1, -0.05) is 12.1 Å². The lowest BCUT2D eigenvalue weighted by Crippen LogP contribution is -2.26. The third kappa shape index (κ3) is 2.90. The molecular formula is C17H17N3O3S. The first-order chi connectivity index (χ1) is 11.4. The van der Waals surface area contributed by atoms with Crippen LogP contribution in [-0.4, -0.2) is 33.5 Å². The molecule has 3 rings (SSSR count). The largest absolute Gasteiger partial charge is 0.510 e. The van der Waals surface area contributed by atoms with E-state index in [4.69, 9.17) is 10.5 Å². The fourth-order valence-corrected chi connectivity index (χ4v) is 3.56. The number of anilines is 1. The Hall–Kier alpha value is -2.67. The number of aliphatic carboxylic acids is 1. The molecule has 0 spiro atoms. The van der Waals surface area contributed by atoms with Crippen molar-refractivity contribution in [1.82, 2.24) is 4.98 Å². The predicted octanol–water partition coefficient (Wildman–Crippen LogP) is 3.15. The summed E-state index contributed by atoms with van der Waals surface area (Å²) in [6.45, 7) is 4.08. The second-order valence-corrected chi connectivity index (χ2v) is 6.86. The van der Waals surface area contributed by atoms with Gasteiger partial charge in [0.25, 0.3) is 0 Å². The summed E-state index contributed by atoms with van der Waals surface area (Å²) in [5, 5.41) is 28.2. The molecule has 2 heterocycles. The summed E-state index contributed by atoms with van der Waals surface area (Å²) >= 11 is 1.46. The van der Waals surface area contributed by atoms with Crippen LogP contribution >= 0.6 is 11.3 Å². The van der Waals surface area contributed by atoms with Crippen molar-refractivity contribution in [3.05, 3.63) is 51.2 Å². The van der Waals surface area contributed by atoms with Crippen LogP contribution in [0.1, 0.15) is 21.1 Å². The number of nitrogens with zero attached hydrogens (tertiary/aromatic N) is 2. The molecule has 6 nitrogen and oxygen atoms in total. The maximum Gasteiger partial charge on any atom is 0.307 e. The van der Waals surface area contributed by atoms with Gasteiger partial charge in [-0.15, -0.1) is 11.3 Å². The van der Waals surface area contributed by atoms with E-state index in [2.05, 4.69) is 4.98 Å². The van der Waals surface area contributed by atoms with Gasteiger partial charge in [-0.2, -0.15) is 0 Å². The van der Waals surface area contributed by atoms with Crippen LogP contribution < -0.4 is 4.90 Å². The maximum atomic E-state index is 10.7. The Labute approximate surface area is 143 Å². The second-order valence-electron chi connectivity index (χ2n) is 5.65. The van der Waals surface area contributed by atoms with Crippen LogP contribution in [0.4, 0.5) is 5.69 Å². The predicted molar refractivity (Wildman–Crippen MR) is 94.0 cm³/mol. The Balaban J connectivity index is 1.85. The maximum absolute atomic E-state index is 10.7. The average Bonchev–Trinajstić information content (AvgIpc) is 2.99. The molecule has 7 heteroatoms. The van der Waals surface area contributed by atoms with Crippen LogP contribution in [0.2, 0.25) is 0 Å². The minimum atomic E-state index is -0.882. The number of hydrogen-bond acceptors (Lipinski definition) is 5. The van der Waals surface area contributed by atoms with E-state index in [1.54, 1.807) is 29.2 Å². The van der Waals surface area contributed by atoms with E-state index in [-0.39, 0.29) is 24.6 Å². The van der Waals surface area contributed by atoms with Gasteiger partial charge >= 0.3 is 5.97 Å². The van der Waals surface area contributed by atoms with Crippen molar-refractivity contribution in [1.29, 1.82) is 5.41 Å². The van der Waals surface area contributed by atoms with Crippen LogP contribution in [0.5, 0.6) is 0 Å². The summed E-state index contributed by atoms with van der Waals surface area (Å²) in [5.41, 5.74) is 2.80. The molecule has 0 atom stereocenters.